The zero-order valence-electron chi connectivity index (χ0n) is 16.7. The van der Waals surface area contributed by atoms with Crippen LogP contribution in [0.4, 0.5) is 26.2 Å². The molecular weight excluding hydrogens is 447 g/mol. The molecule has 4 rings (SSSR count). The molecule has 2 aromatic carbocycles. The lowest BCUT2D eigenvalue weighted by molar-refractivity contribution is 0.205. The van der Waals surface area contributed by atoms with Crippen LogP contribution >= 0.6 is 11.6 Å². The van der Waals surface area contributed by atoms with Crippen molar-refractivity contribution in [2.75, 3.05) is 28.2 Å². The SMILES string of the molecule is NC(=O)O.O=S1(=O)N(CCC2CCNCC2)c2ccccc2N1c1ccc(Cl)cc1F. The van der Waals surface area contributed by atoms with E-state index in [-0.39, 0.29) is 10.7 Å². The number of rotatable bonds is 4. The molecule has 2 aliphatic rings. The van der Waals surface area contributed by atoms with Crippen LogP contribution in [0.2, 0.25) is 5.02 Å². The van der Waals surface area contributed by atoms with Crippen molar-refractivity contribution in [3.8, 4) is 0 Å². The van der Waals surface area contributed by atoms with Gasteiger partial charge in [-0.1, -0.05) is 23.7 Å². The Morgan fingerprint density at radius 3 is 2.39 bits per heavy atom. The number of anilines is 3. The van der Waals surface area contributed by atoms with Gasteiger partial charge in [-0.15, -0.1) is 0 Å². The molecule has 8 nitrogen and oxygen atoms in total. The Kier molecular flexibility index (Phi) is 7.24. The number of primary amides is 1. The van der Waals surface area contributed by atoms with E-state index in [1.54, 1.807) is 24.3 Å². The number of carboxylic acid groups (broad SMARTS) is 1. The minimum atomic E-state index is -3.91. The first-order valence-electron chi connectivity index (χ1n) is 9.78. The van der Waals surface area contributed by atoms with Gasteiger partial charge in [-0.3, -0.25) is 4.31 Å². The molecule has 0 radical (unpaired) electrons. The summed E-state index contributed by atoms with van der Waals surface area (Å²) >= 11 is 5.84. The van der Waals surface area contributed by atoms with Crippen molar-refractivity contribution in [1.29, 1.82) is 0 Å². The lowest BCUT2D eigenvalue weighted by Gasteiger charge is -2.26. The average Bonchev–Trinajstić information content (AvgIpc) is 2.93. The largest absolute Gasteiger partial charge is 0.465 e. The van der Waals surface area contributed by atoms with Crippen molar-refractivity contribution < 1.29 is 22.7 Å². The molecule has 168 valence electrons. The lowest BCUT2D eigenvalue weighted by Crippen LogP contribution is -2.37. The molecule has 4 N–H and O–H groups in total. The van der Waals surface area contributed by atoms with Crippen LogP contribution in [0.5, 0.6) is 0 Å². The highest BCUT2D eigenvalue weighted by Crippen LogP contribution is 2.46. The summed E-state index contributed by atoms with van der Waals surface area (Å²) in [4.78, 5) is 8.78. The molecule has 0 atom stereocenters. The average molecular weight is 471 g/mol. The molecule has 31 heavy (non-hydrogen) atoms. The smallest absolute Gasteiger partial charge is 0.402 e. The molecule has 0 aromatic heterocycles. The van der Waals surface area contributed by atoms with Gasteiger partial charge in [0.2, 0.25) is 0 Å². The van der Waals surface area contributed by atoms with Crippen LogP contribution < -0.4 is 19.7 Å². The number of nitrogens with zero attached hydrogens (tertiary/aromatic N) is 2. The van der Waals surface area contributed by atoms with Gasteiger partial charge >= 0.3 is 16.3 Å². The number of hydrogen-bond acceptors (Lipinski definition) is 4. The van der Waals surface area contributed by atoms with Gasteiger partial charge in [-0.05, 0) is 68.6 Å². The fourth-order valence-electron chi connectivity index (χ4n) is 3.80. The number of hydrogen-bond donors (Lipinski definition) is 3. The van der Waals surface area contributed by atoms with E-state index in [1.165, 1.54) is 16.4 Å². The number of fused-ring (bicyclic) bond motifs is 1. The molecule has 2 heterocycles. The molecular formula is C20H24ClFN4O4S. The molecule has 0 bridgehead atoms. The first-order chi connectivity index (χ1) is 14.7. The molecule has 1 fully saturated rings. The molecule has 0 unspecified atom stereocenters. The van der Waals surface area contributed by atoms with Crippen molar-refractivity contribution in [3.63, 3.8) is 0 Å². The van der Waals surface area contributed by atoms with E-state index in [9.17, 15) is 12.8 Å². The quantitative estimate of drug-likeness (QED) is 0.630. The molecule has 2 aliphatic heterocycles. The van der Waals surface area contributed by atoms with E-state index >= 15 is 0 Å². The number of amides is 1. The van der Waals surface area contributed by atoms with Gasteiger partial charge in [0.05, 0.1) is 17.1 Å². The van der Waals surface area contributed by atoms with Crippen LogP contribution in [0.25, 0.3) is 0 Å². The molecule has 11 heteroatoms. The maximum absolute atomic E-state index is 14.5. The summed E-state index contributed by atoms with van der Waals surface area (Å²) in [6.45, 7) is 2.32. The highest BCUT2D eigenvalue weighted by Gasteiger charge is 2.42. The van der Waals surface area contributed by atoms with Crippen molar-refractivity contribution in [2.24, 2.45) is 11.7 Å². The number of benzene rings is 2. The third kappa shape index (κ3) is 5.20. The van der Waals surface area contributed by atoms with Crippen LogP contribution in [0.15, 0.2) is 42.5 Å². The van der Waals surface area contributed by atoms with Crippen LogP contribution in [0.3, 0.4) is 0 Å². The number of piperidine rings is 1. The van der Waals surface area contributed by atoms with E-state index in [4.69, 9.17) is 21.5 Å². The molecule has 1 amide bonds. The van der Waals surface area contributed by atoms with Crippen molar-refractivity contribution in [1.82, 2.24) is 5.32 Å². The Morgan fingerprint density at radius 2 is 1.77 bits per heavy atom. The highest BCUT2D eigenvalue weighted by atomic mass is 35.5. The summed E-state index contributed by atoms with van der Waals surface area (Å²) in [7, 11) is -3.91. The minimum absolute atomic E-state index is 0.0174. The van der Waals surface area contributed by atoms with Crippen molar-refractivity contribution in [3.05, 3.63) is 53.3 Å². The summed E-state index contributed by atoms with van der Waals surface area (Å²) in [6, 6.07) is 11.1. The van der Waals surface area contributed by atoms with Crippen molar-refractivity contribution in [2.45, 2.75) is 19.3 Å². The van der Waals surface area contributed by atoms with Crippen LogP contribution in [0, 0.1) is 11.7 Å². The topological polar surface area (TPSA) is 116 Å². The number of nitrogens with one attached hydrogen (secondary N) is 1. The number of para-hydroxylation sites is 2. The fraction of sp³-hybridized carbons (Fsp3) is 0.350. The maximum atomic E-state index is 14.5. The Balaban J connectivity index is 0.000000628. The first kappa shape index (κ1) is 23.1. The van der Waals surface area contributed by atoms with E-state index in [0.717, 1.165) is 42.7 Å². The third-order valence-corrected chi connectivity index (χ3v) is 7.23. The van der Waals surface area contributed by atoms with Crippen LogP contribution in [0.1, 0.15) is 19.3 Å². The van der Waals surface area contributed by atoms with E-state index < -0.39 is 22.1 Å². The van der Waals surface area contributed by atoms with Crippen LogP contribution in [-0.2, 0) is 10.2 Å². The lowest BCUT2D eigenvalue weighted by atomic mass is 9.95. The van der Waals surface area contributed by atoms with Gasteiger partial charge in [0.15, 0.2) is 0 Å². The number of halogens is 2. The van der Waals surface area contributed by atoms with Gasteiger partial charge in [-0.25, -0.2) is 13.5 Å². The monoisotopic (exact) mass is 470 g/mol. The summed E-state index contributed by atoms with van der Waals surface area (Å²) in [5.74, 6) is -0.170. The molecule has 2 aromatic rings. The number of carbonyl (C=O) groups is 1. The molecule has 0 aliphatic carbocycles. The van der Waals surface area contributed by atoms with Gasteiger partial charge < -0.3 is 16.2 Å². The molecule has 0 saturated carbocycles. The standard InChI is InChI=1S/C19H21ClFN3O2S.CH3NO2/c20-15-5-6-17(16(21)13-15)24-19-4-2-1-3-18(19)23(27(24,25)26)12-9-14-7-10-22-11-8-14;2-1(3)4/h1-6,13-14,22H,7-12H2;2H2,(H,3,4). The second kappa shape index (κ2) is 9.71. The summed E-state index contributed by atoms with van der Waals surface area (Å²) in [5.41, 5.74) is 5.06. The van der Waals surface area contributed by atoms with Gasteiger partial charge in [0.1, 0.15) is 5.82 Å². The summed E-state index contributed by atoms with van der Waals surface area (Å²) in [6.07, 6.45) is 1.54. The van der Waals surface area contributed by atoms with E-state index in [0.29, 0.717) is 23.8 Å². The highest BCUT2D eigenvalue weighted by molar-refractivity contribution is 7.95. The Labute approximate surface area is 185 Å². The van der Waals surface area contributed by atoms with Crippen LogP contribution in [-0.4, -0.2) is 39.3 Å². The zero-order valence-corrected chi connectivity index (χ0v) is 18.2. The Bertz CT molecular complexity index is 1040. The molecule has 0 spiro atoms. The van der Waals surface area contributed by atoms with Gasteiger partial charge in [0.25, 0.3) is 0 Å². The van der Waals surface area contributed by atoms with Crippen molar-refractivity contribution >= 4 is 45.0 Å². The zero-order chi connectivity index (χ0) is 22.6. The summed E-state index contributed by atoms with van der Waals surface area (Å²) < 4.78 is 43.6. The molecule has 1 saturated heterocycles. The summed E-state index contributed by atoms with van der Waals surface area (Å²) in [5, 5.41) is 10.7. The first-order valence-corrected chi connectivity index (χ1v) is 11.6. The predicted octanol–water partition coefficient (Wildman–Crippen LogP) is 3.69. The van der Waals surface area contributed by atoms with E-state index in [2.05, 4.69) is 11.1 Å². The third-order valence-electron chi connectivity index (χ3n) is 5.21. The maximum Gasteiger partial charge on any atom is 0.402 e. The van der Waals surface area contributed by atoms with E-state index in [1.807, 2.05) is 0 Å². The fourth-order valence-corrected chi connectivity index (χ4v) is 5.69. The normalized spacial score (nSPS) is 17.6. The predicted molar refractivity (Wildman–Crippen MR) is 119 cm³/mol. The Hall–Kier alpha value is -2.56. The minimum Gasteiger partial charge on any atom is -0.465 e. The second-order valence-electron chi connectivity index (χ2n) is 7.25. The Morgan fingerprint density at radius 1 is 1.16 bits per heavy atom. The van der Waals surface area contributed by atoms with Gasteiger partial charge in [0, 0.05) is 11.6 Å². The number of nitrogens with two attached hydrogens (primary N) is 1. The van der Waals surface area contributed by atoms with Gasteiger partial charge in [-0.2, -0.15) is 8.42 Å². The second-order valence-corrected chi connectivity index (χ2v) is 9.39.